The van der Waals surface area contributed by atoms with E-state index in [0.29, 0.717) is 51.8 Å². The lowest BCUT2D eigenvalue weighted by molar-refractivity contribution is 0.0184. The maximum Gasteiger partial charge on any atom is 0.410 e. The molecule has 0 spiro atoms. The first-order chi connectivity index (χ1) is 22.5. The van der Waals surface area contributed by atoms with Gasteiger partial charge < -0.3 is 20.3 Å². The van der Waals surface area contributed by atoms with Gasteiger partial charge in [0.05, 0.1) is 45.1 Å². The van der Waals surface area contributed by atoms with Crippen LogP contribution in [0.15, 0.2) is 59.6 Å². The number of hydrogen-bond acceptors (Lipinski definition) is 9. The van der Waals surface area contributed by atoms with Crippen molar-refractivity contribution in [1.29, 1.82) is 5.26 Å². The third-order valence-electron chi connectivity index (χ3n) is 7.74. The van der Waals surface area contributed by atoms with Crippen molar-refractivity contribution in [3.8, 4) is 6.07 Å². The number of hydrogen-bond donors (Lipinski definition) is 2. The van der Waals surface area contributed by atoms with Gasteiger partial charge in [0.2, 0.25) is 0 Å². The first kappa shape index (κ1) is 32.5. The number of amides is 1. The summed E-state index contributed by atoms with van der Waals surface area (Å²) in [5.41, 5.74) is 3.54. The molecule has 14 heteroatoms. The molecule has 0 unspecified atom stereocenters. The van der Waals surface area contributed by atoms with E-state index in [1.165, 1.54) is 24.4 Å². The number of carbonyl (C=O) groups excluding carboxylic acids is 1. The molecular formula is C33H31Cl2FN8O2S. The summed E-state index contributed by atoms with van der Waals surface area (Å²) in [6, 6.07) is 11.8. The predicted octanol–water partition coefficient (Wildman–Crippen LogP) is 8.72. The van der Waals surface area contributed by atoms with E-state index in [4.69, 9.17) is 27.9 Å². The number of benzene rings is 2. The zero-order valence-electron chi connectivity index (χ0n) is 25.8. The highest BCUT2D eigenvalue weighted by molar-refractivity contribution is 7.08. The van der Waals surface area contributed by atoms with Gasteiger partial charge in [0.1, 0.15) is 23.2 Å². The number of halogens is 3. The van der Waals surface area contributed by atoms with E-state index in [1.54, 1.807) is 22.3 Å². The molecule has 4 heterocycles. The minimum atomic E-state index is -0.547. The Labute approximate surface area is 285 Å². The Kier molecular flexibility index (Phi) is 9.23. The zero-order chi connectivity index (χ0) is 33.3. The standard InChI is InChI=1S/C33H31Cl2FN8O2S/c1-33(2,3)46-32(45)43-9-6-23(7-10-43)44-17-28(41-42-44)30(19-8-11-47-18-19)40-22-12-24-29(39-21-4-5-27(36)25(34)13-21)20(15-37)16-38-31(24)26(35)14-22/h4-5,8,11-14,16-18,23,30,40H,6-7,9-10H2,1-3H3,(H,38,39)/t30-/m0/s1. The SMILES string of the molecule is CC(C)(C)OC(=O)N1CCC(n2cc([C@@H](Nc3cc(Cl)c4ncc(C#N)c(Nc5ccc(F)c(Cl)c5)c4c3)c3ccsc3)nn2)CC1. The van der Waals surface area contributed by atoms with Crippen LogP contribution in [-0.4, -0.2) is 49.7 Å². The predicted molar refractivity (Wildman–Crippen MR) is 182 cm³/mol. The number of pyridine rings is 1. The summed E-state index contributed by atoms with van der Waals surface area (Å²) < 4.78 is 21.3. The molecule has 10 nitrogen and oxygen atoms in total. The number of nitrogens with one attached hydrogen (secondary N) is 2. The van der Waals surface area contributed by atoms with Gasteiger partial charge in [-0.3, -0.25) is 4.98 Å². The number of thiophene rings is 1. The van der Waals surface area contributed by atoms with Crippen molar-refractivity contribution >= 4 is 68.6 Å². The number of likely N-dealkylation sites (tertiary alicyclic amines) is 1. The number of aromatic nitrogens is 4. The molecule has 1 fully saturated rings. The highest BCUT2D eigenvalue weighted by Crippen LogP contribution is 2.37. The lowest BCUT2D eigenvalue weighted by atomic mass is 10.0. The Morgan fingerprint density at radius 3 is 2.60 bits per heavy atom. The van der Waals surface area contributed by atoms with Crippen molar-refractivity contribution in [2.45, 2.75) is 51.3 Å². The molecule has 2 N–H and O–H groups in total. The smallest absolute Gasteiger partial charge is 0.410 e. The molecule has 3 aromatic heterocycles. The first-order valence-corrected chi connectivity index (χ1v) is 16.6. The van der Waals surface area contributed by atoms with E-state index in [2.05, 4.69) is 32.0 Å². The maximum atomic E-state index is 13.8. The van der Waals surface area contributed by atoms with Gasteiger partial charge in [-0.1, -0.05) is 28.4 Å². The molecule has 1 aliphatic heterocycles. The van der Waals surface area contributed by atoms with Gasteiger partial charge in [0.15, 0.2) is 0 Å². The summed E-state index contributed by atoms with van der Waals surface area (Å²) >= 11 is 14.3. The van der Waals surface area contributed by atoms with E-state index in [-0.39, 0.29) is 28.8 Å². The summed E-state index contributed by atoms with van der Waals surface area (Å²) in [7, 11) is 0. The summed E-state index contributed by atoms with van der Waals surface area (Å²) in [6.45, 7) is 6.71. The average Bonchev–Trinajstić information content (AvgIpc) is 3.75. The topological polar surface area (TPSA) is 121 Å². The molecule has 47 heavy (non-hydrogen) atoms. The minimum absolute atomic E-state index is 0.0486. The van der Waals surface area contributed by atoms with Crippen LogP contribution in [0.4, 0.5) is 26.2 Å². The van der Waals surface area contributed by atoms with Crippen molar-refractivity contribution < 1.29 is 13.9 Å². The second-order valence-electron chi connectivity index (χ2n) is 12.2. The highest BCUT2D eigenvalue weighted by atomic mass is 35.5. The van der Waals surface area contributed by atoms with Crippen LogP contribution in [0.1, 0.15) is 62.5 Å². The number of piperidine rings is 1. The largest absolute Gasteiger partial charge is 0.444 e. The lowest BCUT2D eigenvalue weighted by Gasteiger charge is -2.33. The third-order valence-corrected chi connectivity index (χ3v) is 9.02. The van der Waals surface area contributed by atoms with Gasteiger partial charge in [0.25, 0.3) is 0 Å². The fraction of sp³-hybridized carbons (Fsp3) is 0.303. The number of nitriles is 1. The minimum Gasteiger partial charge on any atom is -0.444 e. The molecule has 0 saturated carbocycles. The second-order valence-corrected chi connectivity index (χ2v) is 13.8. The van der Waals surface area contributed by atoms with Gasteiger partial charge in [-0.05, 0) is 86.3 Å². The third kappa shape index (κ3) is 7.27. The van der Waals surface area contributed by atoms with E-state index in [1.807, 2.05) is 54.5 Å². The van der Waals surface area contributed by atoms with E-state index < -0.39 is 11.4 Å². The molecule has 0 aliphatic carbocycles. The van der Waals surface area contributed by atoms with Crippen LogP contribution in [0, 0.1) is 17.1 Å². The monoisotopic (exact) mass is 692 g/mol. The van der Waals surface area contributed by atoms with E-state index in [9.17, 15) is 14.4 Å². The quantitative estimate of drug-likeness (QED) is 0.174. The number of fused-ring (bicyclic) bond motifs is 1. The fourth-order valence-electron chi connectivity index (χ4n) is 5.46. The van der Waals surface area contributed by atoms with Gasteiger partial charge in [-0.25, -0.2) is 13.9 Å². The van der Waals surface area contributed by atoms with Crippen molar-refractivity contribution in [3.63, 3.8) is 0 Å². The molecule has 1 aliphatic rings. The summed E-state index contributed by atoms with van der Waals surface area (Å²) in [5, 5.41) is 30.7. The normalized spacial score (nSPS) is 14.5. The Balaban J connectivity index is 1.28. The van der Waals surface area contributed by atoms with Gasteiger partial charge in [0, 0.05) is 36.0 Å². The molecule has 1 saturated heterocycles. The number of ether oxygens (including phenoxy) is 1. The van der Waals surface area contributed by atoms with Crippen molar-refractivity contribution in [2.75, 3.05) is 23.7 Å². The Hall–Kier alpha value is -4.44. The zero-order valence-corrected chi connectivity index (χ0v) is 28.1. The van der Waals surface area contributed by atoms with Crippen LogP contribution in [-0.2, 0) is 4.74 Å². The highest BCUT2D eigenvalue weighted by Gasteiger charge is 2.29. The number of anilines is 3. The Bertz CT molecular complexity index is 1960. The molecule has 242 valence electrons. The first-order valence-electron chi connectivity index (χ1n) is 14.9. The summed E-state index contributed by atoms with van der Waals surface area (Å²) in [6.07, 6.45) is 4.53. The van der Waals surface area contributed by atoms with Gasteiger partial charge in [-0.15, -0.1) is 5.10 Å². The van der Waals surface area contributed by atoms with E-state index >= 15 is 0 Å². The van der Waals surface area contributed by atoms with E-state index in [0.717, 1.165) is 18.4 Å². The molecular weight excluding hydrogens is 662 g/mol. The molecule has 0 radical (unpaired) electrons. The fourth-order valence-corrected chi connectivity index (χ4v) is 6.59. The number of nitrogens with zero attached hydrogens (tertiary/aromatic N) is 6. The van der Waals surface area contributed by atoms with Crippen molar-refractivity contribution in [2.24, 2.45) is 0 Å². The second kappa shape index (κ2) is 13.4. The Morgan fingerprint density at radius 1 is 1.15 bits per heavy atom. The molecule has 6 rings (SSSR count). The van der Waals surface area contributed by atoms with Crippen LogP contribution in [0.25, 0.3) is 10.9 Å². The van der Waals surface area contributed by atoms with Crippen LogP contribution < -0.4 is 10.6 Å². The molecule has 1 atom stereocenters. The average molecular weight is 694 g/mol. The van der Waals surface area contributed by atoms with Crippen LogP contribution >= 0.6 is 34.5 Å². The number of rotatable bonds is 7. The molecule has 5 aromatic rings. The summed E-state index contributed by atoms with van der Waals surface area (Å²) in [4.78, 5) is 18.7. The lowest BCUT2D eigenvalue weighted by Crippen LogP contribution is -2.42. The van der Waals surface area contributed by atoms with Crippen LogP contribution in [0.3, 0.4) is 0 Å². The molecule has 2 aromatic carbocycles. The molecule has 1 amide bonds. The van der Waals surface area contributed by atoms with Crippen LogP contribution in [0.2, 0.25) is 10.0 Å². The van der Waals surface area contributed by atoms with Crippen molar-refractivity contribution in [3.05, 3.63) is 92.2 Å². The Morgan fingerprint density at radius 2 is 1.91 bits per heavy atom. The van der Waals surface area contributed by atoms with Gasteiger partial charge in [-0.2, -0.15) is 16.6 Å². The summed E-state index contributed by atoms with van der Waals surface area (Å²) in [5.74, 6) is -0.547. The van der Waals surface area contributed by atoms with Crippen molar-refractivity contribution in [1.82, 2.24) is 24.9 Å². The maximum absolute atomic E-state index is 13.8. The number of carbonyl (C=O) groups is 1. The van der Waals surface area contributed by atoms with Gasteiger partial charge >= 0.3 is 6.09 Å². The van der Waals surface area contributed by atoms with Crippen LogP contribution in [0.5, 0.6) is 0 Å². The molecule has 0 bridgehead atoms.